The third-order valence-electron chi connectivity index (χ3n) is 5.21. The molecule has 2 aromatic rings. The van der Waals surface area contributed by atoms with Crippen LogP contribution in [0.2, 0.25) is 5.02 Å². The molecule has 0 bridgehead atoms. The van der Waals surface area contributed by atoms with Crippen LogP contribution in [-0.4, -0.2) is 61.0 Å². The van der Waals surface area contributed by atoms with Crippen LogP contribution in [-0.2, 0) is 9.59 Å². The Morgan fingerprint density at radius 1 is 0.903 bits per heavy atom. The second-order valence-electron chi connectivity index (χ2n) is 7.60. The zero-order valence-corrected chi connectivity index (χ0v) is 18.6. The summed E-state index contributed by atoms with van der Waals surface area (Å²) in [5, 5.41) is 0.567. The number of carbonyl (C=O) groups is 2. The first-order valence-corrected chi connectivity index (χ1v) is 11.0. The highest BCUT2D eigenvalue weighted by molar-refractivity contribution is 6.32. The van der Waals surface area contributed by atoms with Gasteiger partial charge < -0.3 is 19.3 Å². The fourth-order valence-electron chi connectivity index (χ4n) is 3.41. The van der Waals surface area contributed by atoms with Gasteiger partial charge in [0, 0.05) is 32.6 Å². The second kappa shape index (κ2) is 11.6. The Morgan fingerprint density at radius 3 is 2.29 bits per heavy atom. The van der Waals surface area contributed by atoms with Crippen molar-refractivity contribution in [2.24, 2.45) is 0 Å². The largest absolute Gasteiger partial charge is 0.492 e. The van der Waals surface area contributed by atoms with Gasteiger partial charge in [-0.1, -0.05) is 41.4 Å². The van der Waals surface area contributed by atoms with Crippen molar-refractivity contribution in [3.63, 3.8) is 0 Å². The maximum Gasteiger partial charge on any atom is 0.260 e. The molecule has 3 rings (SSSR count). The minimum Gasteiger partial charge on any atom is -0.492 e. The van der Waals surface area contributed by atoms with Crippen molar-refractivity contribution in [2.45, 2.75) is 26.2 Å². The van der Waals surface area contributed by atoms with Gasteiger partial charge in [-0.25, -0.2) is 0 Å². The highest BCUT2D eigenvalue weighted by atomic mass is 35.5. The van der Waals surface area contributed by atoms with E-state index in [1.807, 2.05) is 54.3 Å². The van der Waals surface area contributed by atoms with Crippen LogP contribution in [0.1, 0.15) is 24.8 Å². The Balaban J connectivity index is 1.37. The van der Waals surface area contributed by atoms with Crippen molar-refractivity contribution in [3.8, 4) is 11.5 Å². The molecule has 1 fully saturated rings. The van der Waals surface area contributed by atoms with Crippen molar-refractivity contribution >= 4 is 23.4 Å². The van der Waals surface area contributed by atoms with E-state index in [9.17, 15) is 9.59 Å². The normalized spacial score (nSPS) is 14.1. The number of nitrogens with zero attached hydrogens (tertiary/aromatic N) is 2. The Hall–Kier alpha value is -2.73. The number of hydrogen-bond acceptors (Lipinski definition) is 4. The van der Waals surface area contributed by atoms with Gasteiger partial charge in [0.1, 0.15) is 11.5 Å². The predicted octanol–water partition coefficient (Wildman–Crippen LogP) is 3.95. The summed E-state index contributed by atoms with van der Waals surface area (Å²) < 4.78 is 11.3. The number of hydrogen-bond donors (Lipinski definition) is 0. The van der Waals surface area contributed by atoms with Gasteiger partial charge in [0.05, 0.1) is 11.6 Å². The van der Waals surface area contributed by atoms with E-state index in [1.165, 1.54) is 0 Å². The molecule has 166 valence electrons. The molecule has 0 unspecified atom stereocenters. The Bertz CT molecular complexity index is 872. The average molecular weight is 445 g/mol. The van der Waals surface area contributed by atoms with Crippen molar-refractivity contribution < 1.29 is 19.1 Å². The molecule has 0 atom stereocenters. The van der Waals surface area contributed by atoms with E-state index in [-0.39, 0.29) is 18.4 Å². The summed E-state index contributed by atoms with van der Waals surface area (Å²) in [5.41, 5.74) is 1.14. The number of ether oxygens (including phenoxy) is 2. The van der Waals surface area contributed by atoms with Gasteiger partial charge in [-0.3, -0.25) is 9.59 Å². The molecule has 0 radical (unpaired) electrons. The van der Waals surface area contributed by atoms with Crippen LogP contribution in [0.5, 0.6) is 11.5 Å². The molecule has 0 spiro atoms. The van der Waals surface area contributed by atoms with E-state index in [0.717, 1.165) is 12.0 Å². The van der Waals surface area contributed by atoms with Gasteiger partial charge in [0.15, 0.2) is 6.61 Å². The first kappa shape index (κ1) is 22.9. The second-order valence-corrected chi connectivity index (χ2v) is 8.01. The van der Waals surface area contributed by atoms with E-state index in [2.05, 4.69) is 0 Å². The summed E-state index contributed by atoms with van der Waals surface area (Å²) in [7, 11) is 0. The summed E-state index contributed by atoms with van der Waals surface area (Å²) in [6.45, 7) is 4.81. The van der Waals surface area contributed by atoms with Crippen LogP contribution in [0.4, 0.5) is 0 Å². The van der Waals surface area contributed by atoms with Crippen molar-refractivity contribution in [1.82, 2.24) is 9.80 Å². The van der Waals surface area contributed by atoms with Gasteiger partial charge in [-0.2, -0.15) is 0 Å². The smallest absolute Gasteiger partial charge is 0.260 e. The monoisotopic (exact) mass is 444 g/mol. The third kappa shape index (κ3) is 7.17. The van der Waals surface area contributed by atoms with Crippen LogP contribution in [0.3, 0.4) is 0 Å². The minimum atomic E-state index is -0.0528. The van der Waals surface area contributed by atoms with E-state index >= 15 is 0 Å². The molecule has 1 heterocycles. The molecular formula is C24H29ClN2O4. The fraction of sp³-hybridized carbons (Fsp3) is 0.417. The van der Waals surface area contributed by atoms with Gasteiger partial charge in [0.25, 0.3) is 5.91 Å². The van der Waals surface area contributed by atoms with Crippen molar-refractivity contribution in [1.29, 1.82) is 0 Å². The van der Waals surface area contributed by atoms with Gasteiger partial charge in [-0.15, -0.1) is 0 Å². The van der Waals surface area contributed by atoms with Crippen LogP contribution < -0.4 is 9.47 Å². The molecule has 0 aromatic heterocycles. The van der Waals surface area contributed by atoms with E-state index < -0.39 is 0 Å². The number of carbonyl (C=O) groups excluding carboxylic acids is 2. The van der Waals surface area contributed by atoms with Gasteiger partial charge in [0.2, 0.25) is 5.91 Å². The number of amides is 2. The first-order valence-electron chi connectivity index (χ1n) is 10.7. The van der Waals surface area contributed by atoms with Gasteiger partial charge >= 0.3 is 0 Å². The molecule has 2 amide bonds. The first-order chi connectivity index (χ1) is 15.0. The molecular weight excluding hydrogens is 416 g/mol. The molecule has 0 aliphatic carbocycles. The molecule has 1 saturated heterocycles. The summed E-state index contributed by atoms with van der Waals surface area (Å²) in [6.07, 6.45) is 1.79. The lowest BCUT2D eigenvalue weighted by molar-refractivity contribution is -0.134. The Kier molecular flexibility index (Phi) is 8.59. The molecule has 0 saturated carbocycles. The molecule has 6 nitrogen and oxygen atoms in total. The average Bonchev–Trinajstić information content (AvgIpc) is 3.03. The van der Waals surface area contributed by atoms with Crippen LogP contribution in [0.25, 0.3) is 0 Å². The maximum atomic E-state index is 12.6. The number of benzene rings is 2. The Labute approximate surface area is 188 Å². The molecule has 31 heavy (non-hydrogen) atoms. The van der Waals surface area contributed by atoms with Crippen LogP contribution in [0.15, 0.2) is 48.5 Å². The Morgan fingerprint density at radius 2 is 1.58 bits per heavy atom. The van der Waals surface area contributed by atoms with Crippen molar-refractivity contribution in [3.05, 3.63) is 59.1 Å². The summed E-state index contributed by atoms with van der Waals surface area (Å²) in [5.74, 6) is 1.36. The lowest BCUT2D eigenvalue weighted by atomic mass is 10.2. The highest BCUT2D eigenvalue weighted by Crippen LogP contribution is 2.23. The molecule has 1 aliphatic heterocycles. The number of rotatable bonds is 8. The highest BCUT2D eigenvalue weighted by Gasteiger charge is 2.22. The van der Waals surface area contributed by atoms with E-state index in [0.29, 0.717) is 62.1 Å². The number of halogens is 1. The van der Waals surface area contributed by atoms with E-state index in [1.54, 1.807) is 11.0 Å². The number of para-hydroxylation sites is 1. The zero-order chi connectivity index (χ0) is 22.1. The maximum absolute atomic E-state index is 12.6. The predicted molar refractivity (Wildman–Crippen MR) is 121 cm³/mol. The zero-order valence-electron chi connectivity index (χ0n) is 17.9. The van der Waals surface area contributed by atoms with Gasteiger partial charge in [-0.05, 0) is 44.0 Å². The molecule has 0 N–H and O–H groups in total. The summed E-state index contributed by atoms with van der Waals surface area (Å²) >= 11 is 6.07. The van der Waals surface area contributed by atoms with Crippen LogP contribution >= 0.6 is 11.6 Å². The summed E-state index contributed by atoms with van der Waals surface area (Å²) in [4.78, 5) is 28.7. The number of aryl methyl sites for hydroxylation is 1. The quantitative estimate of drug-likeness (QED) is 0.578. The minimum absolute atomic E-state index is 0.0103. The topological polar surface area (TPSA) is 59.1 Å². The van der Waals surface area contributed by atoms with Crippen molar-refractivity contribution in [2.75, 3.05) is 39.4 Å². The summed E-state index contributed by atoms with van der Waals surface area (Å²) in [6, 6.07) is 14.9. The standard InChI is InChI=1S/C24H29ClN2O4/c1-19-9-11-20(12-10-19)31-18-24(29)27-14-5-13-26(15-16-27)23(28)8-4-17-30-22-7-3-2-6-21(22)25/h2-3,6-7,9-12H,4-5,8,13-18H2,1H3. The fourth-order valence-corrected chi connectivity index (χ4v) is 3.60. The lowest BCUT2D eigenvalue weighted by Gasteiger charge is -2.22. The SMILES string of the molecule is Cc1ccc(OCC(=O)N2CCCN(C(=O)CCCOc3ccccc3Cl)CC2)cc1. The third-order valence-corrected chi connectivity index (χ3v) is 5.53. The molecule has 2 aromatic carbocycles. The van der Waals surface area contributed by atoms with E-state index in [4.69, 9.17) is 21.1 Å². The lowest BCUT2D eigenvalue weighted by Crippen LogP contribution is -2.39. The van der Waals surface area contributed by atoms with Crippen LogP contribution in [0, 0.1) is 6.92 Å². The molecule has 1 aliphatic rings. The molecule has 7 heteroatoms.